The fourth-order valence-corrected chi connectivity index (χ4v) is 3.72. The second kappa shape index (κ2) is 9.73. The van der Waals surface area contributed by atoms with Gasteiger partial charge >= 0.3 is 0 Å². The van der Waals surface area contributed by atoms with Crippen molar-refractivity contribution >= 4 is 12.4 Å². The molecule has 1 aliphatic heterocycles. The van der Waals surface area contributed by atoms with E-state index in [1.165, 1.54) is 0 Å². The summed E-state index contributed by atoms with van der Waals surface area (Å²) >= 11 is 0. The molecule has 1 aromatic heterocycles. The number of tetrazole rings is 1. The highest BCUT2D eigenvalue weighted by Crippen LogP contribution is 2.37. The maximum atomic E-state index is 5.73. The van der Waals surface area contributed by atoms with E-state index in [4.69, 9.17) is 9.47 Å². The van der Waals surface area contributed by atoms with Crippen LogP contribution in [-0.2, 0) is 5.54 Å². The Kier molecular flexibility index (Phi) is 7.85. The number of rotatable bonds is 6. The molecule has 1 unspecified atom stereocenters. The van der Waals surface area contributed by atoms with Gasteiger partial charge in [-0.3, -0.25) is 4.90 Å². The van der Waals surface area contributed by atoms with Gasteiger partial charge in [0, 0.05) is 37.8 Å². The van der Waals surface area contributed by atoms with Crippen molar-refractivity contribution in [3.05, 3.63) is 29.6 Å². The highest BCUT2D eigenvalue weighted by atomic mass is 35.5. The number of ether oxygens (including phenoxy) is 2. The van der Waals surface area contributed by atoms with Gasteiger partial charge in [-0.05, 0) is 49.9 Å². The molecule has 1 saturated heterocycles. The predicted molar refractivity (Wildman–Crippen MR) is 115 cm³/mol. The van der Waals surface area contributed by atoms with Gasteiger partial charge in [-0.15, -0.1) is 17.5 Å². The normalized spacial score (nSPS) is 16.9. The molecule has 1 atom stereocenters. The smallest absolute Gasteiger partial charge is 0.173 e. The third kappa shape index (κ3) is 4.99. The molecule has 0 amide bonds. The number of likely N-dealkylation sites (N-methyl/N-ethyl adjacent to an activating group) is 1. The average molecular weight is 425 g/mol. The SMILES string of the molecule is CCN1CCN(C(c2ccc(OC)cc2OC)c2nnnn2C(C)(C)C)CC1.Cl. The van der Waals surface area contributed by atoms with Gasteiger partial charge in [0.15, 0.2) is 5.82 Å². The summed E-state index contributed by atoms with van der Waals surface area (Å²) in [5.41, 5.74) is 0.829. The van der Waals surface area contributed by atoms with Gasteiger partial charge in [-0.1, -0.05) is 6.92 Å². The van der Waals surface area contributed by atoms with Crippen LogP contribution in [0.15, 0.2) is 18.2 Å². The quantitative estimate of drug-likeness (QED) is 0.705. The molecule has 0 saturated carbocycles. The zero-order valence-corrected chi connectivity index (χ0v) is 19.1. The first-order chi connectivity index (χ1) is 13.4. The van der Waals surface area contributed by atoms with Gasteiger partial charge in [0.05, 0.1) is 19.8 Å². The Labute approximate surface area is 179 Å². The van der Waals surface area contributed by atoms with E-state index in [2.05, 4.69) is 59.1 Å². The molecule has 29 heavy (non-hydrogen) atoms. The molecule has 0 bridgehead atoms. The molecule has 9 heteroatoms. The summed E-state index contributed by atoms with van der Waals surface area (Å²) < 4.78 is 13.0. The highest BCUT2D eigenvalue weighted by molar-refractivity contribution is 5.85. The number of hydrogen-bond acceptors (Lipinski definition) is 7. The summed E-state index contributed by atoms with van der Waals surface area (Å²) in [6.07, 6.45) is 0. The maximum absolute atomic E-state index is 5.73. The van der Waals surface area contributed by atoms with E-state index in [1.807, 2.05) is 16.8 Å². The molecule has 0 spiro atoms. The monoisotopic (exact) mass is 424 g/mol. The molecule has 0 N–H and O–H groups in total. The molecule has 1 fully saturated rings. The number of piperazine rings is 1. The summed E-state index contributed by atoms with van der Waals surface area (Å²) in [6, 6.07) is 5.87. The van der Waals surface area contributed by atoms with Crippen LogP contribution in [-0.4, -0.2) is 77.0 Å². The van der Waals surface area contributed by atoms with E-state index in [1.54, 1.807) is 14.2 Å². The number of methoxy groups -OCH3 is 2. The summed E-state index contributed by atoms with van der Waals surface area (Å²) in [6.45, 7) is 13.6. The van der Waals surface area contributed by atoms with Crippen LogP contribution in [0, 0.1) is 0 Å². The maximum Gasteiger partial charge on any atom is 0.173 e. The average Bonchev–Trinajstić information content (AvgIpc) is 3.19. The molecule has 0 aliphatic carbocycles. The van der Waals surface area contributed by atoms with Crippen LogP contribution in [0.5, 0.6) is 11.5 Å². The summed E-state index contributed by atoms with van der Waals surface area (Å²) in [4.78, 5) is 4.91. The largest absolute Gasteiger partial charge is 0.497 e. The van der Waals surface area contributed by atoms with Crippen molar-refractivity contribution in [3.8, 4) is 11.5 Å². The number of nitrogens with zero attached hydrogens (tertiary/aromatic N) is 6. The first-order valence-electron chi connectivity index (χ1n) is 9.86. The Morgan fingerprint density at radius 3 is 2.31 bits per heavy atom. The summed E-state index contributed by atoms with van der Waals surface area (Å²) in [5, 5.41) is 12.8. The fourth-order valence-electron chi connectivity index (χ4n) is 3.72. The Morgan fingerprint density at radius 1 is 1.07 bits per heavy atom. The fraction of sp³-hybridized carbons (Fsp3) is 0.650. The standard InChI is InChI=1S/C20H32N6O2.ClH/c1-7-24-10-12-25(13-11-24)18(19-21-22-23-26(19)20(2,3)4)16-9-8-15(27-5)14-17(16)28-6;/h8-9,14,18H,7,10-13H2,1-6H3;1H. The van der Waals surface area contributed by atoms with Gasteiger partial charge in [0.25, 0.3) is 0 Å². The molecule has 162 valence electrons. The number of benzene rings is 1. The van der Waals surface area contributed by atoms with Gasteiger partial charge in [-0.25, -0.2) is 4.68 Å². The first kappa shape index (κ1) is 23.4. The van der Waals surface area contributed by atoms with Gasteiger partial charge in [0.1, 0.15) is 17.5 Å². The van der Waals surface area contributed by atoms with Crippen LogP contribution >= 0.6 is 12.4 Å². The first-order valence-corrected chi connectivity index (χ1v) is 9.86. The van der Waals surface area contributed by atoms with Crippen molar-refractivity contribution in [1.29, 1.82) is 0 Å². The second-order valence-electron chi connectivity index (χ2n) is 8.10. The van der Waals surface area contributed by atoms with Crippen LogP contribution in [0.25, 0.3) is 0 Å². The lowest BCUT2D eigenvalue weighted by Gasteiger charge is -2.39. The van der Waals surface area contributed by atoms with E-state index in [9.17, 15) is 0 Å². The number of aromatic nitrogens is 4. The van der Waals surface area contributed by atoms with E-state index < -0.39 is 0 Å². The van der Waals surface area contributed by atoms with Crippen molar-refractivity contribution < 1.29 is 9.47 Å². The molecular weight excluding hydrogens is 392 g/mol. The van der Waals surface area contributed by atoms with Crippen molar-refractivity contribution in [2.45, 2.75) is 39.3 Å². The molecule has 2 aromatic rings. The number of halogens is 1. The molecule has 2 heterocycles. The van der Waals surface area contributed by atoms with Crippen molar-refractivity contribution in [1.82, 2.24) is 30.0 Å². The Balaban J connectivity index is 0.00000300. The van der Waals surface area contributed by atoms with Crippen LogP contribution < -0.4 is 9.47 Å². The zero-order valence-electron chi connectivity index (χ0n) is 18.3. The van der Waals surface area contributed by atoms with Crippen LogP contribution in [0.3, 0.4) is 0 Å². The topological polar surface area (TPSA) is 68.5 Å². The van der Waals surface area contributed by atoms with Crippen LogP contribution in [0.2, 0.25) is 0 Å². The Hall–Kier alpha value is -1.90. The summed E-state index contributed by atoms with van der Waals surface area (Å²) in [7, 11) is 3.35. The zero-order chi connectivity index (χ0) is 20.3. The van der Waals surface area contributed by atoms with Crippen molar-refractivity contribution in [2.24, 2.45) is 0 Å². The second-order valence-corrected chi connectivity index (χ2v) is 8.10. The van der Waals surface area contributed by atoms with E-state index >= 15 is 0 Å². The third-order valence-corrected chi connectivity index (χ3v) is 5.33. The van der Waals surface area contributed by atoms with E-state index in [0.717, 1.165) is 55.6 Å². The van der Waals surface area contributed by atoms with Crippen LogP contribution in [0.4, 0.5) is 0 Å². The predicted octanol–water partition coefficient (Wildman–Crippen LogP) is 2.59. The van der Waals surface area contributed by atoms with Crippen molar-refractivity contribution in [3.63, 3.8) is 0 Å². The molecule has 3 rings (SSSR count). The minimum absolute atomic E-state index is 0. The molecule has 1 aliphatic rings. The minimum atomic E-state index is -0.220. The Morgan fingerprint density at radius 2 is 1.76 bits per heavy atom. The lowest BCUT2D eigenvalue weighted by atomic mass is 10.00. The van der Waals surface area contributed by atoms with Gasteiger partial charge < -0.3 is 14.4 Å². The molecular formula is C20H33ClN6O2. The Bertz CT molecular complexity index is 784. The lowest BCUT2D eigenvalue weighted by Crippen LogP contribution is -2.48. The number of hydrogen-bond donors (Lipinski definition) is 0. The summed E-state index contributed by atoms with van der Waals surface area (Å²) in [5.74, 6) is 2.39. The molecule has 1 aromatic carbocycles. The van der Waals surface area contributed by atoms with E-state index in [-0.39, 0.29) is 24.0 Å². The highest BCUT2D eigenvalue weighted by Gasteiger charge is 2.34. The van der Waals surface area contributed by atoms with Crippen LogP contribution in [0.1, 0.15) is 45.1 Å². The van der Waals surface area contributed by atoms with Gasteiger partial charge in [0.2, 0.25) is 0 Å². The van der Waals surface area contributed by atoms with Gasteiger partial charge in [-0.2, -0.15) is 0 Å². The molecule has 8 nitrogen and oxygen atoms in total. The third-order valence-electron chi connectivity index (χ3n) is 5.33. The van der Waals surface area contributed by atoms with Crippen molar-refractivity contribution in [2.75, 3.05) is 46.9 Å². The lowest BCUT2D eigenvalue weighted by molar-refractivity contribution is 0.105. The molecule has 0 radical (unpaired) electrons. The minimum Gasteiger partial charge on any atom is -0.497 e. The van der Waals surface area contributed by atoms with E-state index in [0.29, 0.717) is 0 Å².